The van der Waals surface area contributed by atoms with E-state index in [9.17, 15) is 13.2 Å². The lowest BCUT2D eigenvalue weighted by atomic mass is 10.1. The minimum absolute atomic E-state index is 0.182. The number of rotatable bonds is 4. The quantitative estimate of drug-likeness (QED) is 0.874. The molecule has 2 aromatic rings. The summed E-state index contributed by atoms with van der Waals surface area (Å²) in [6.07, 6.45) is 0. The summed E-state index contributed by atoms with van der Waals surface area (Å²) in [6, 6.07) is 11.6. The van der Waals surface area contributed by atoms with Gasteiger partial charge < -0.3 is 5.32 Å². The van der Waals surface area contributed by atoms with Crippen molar-refractivity contribution in [3.63, 3.8) is 0 Å². The monoisotopic (exact) mass is 360 g/mol. The first-order valence-electron chi connectivity index (χ1n) is 8.01. The van der Waals surface area contributed by atoms with Crippen molar-refractivity contribution in [1.82, 2.24) is 5.32 Å². The summed E-state index contributed by atoms with van der Waals surface area (Å²) in [6.45, 7) is 9.35. The van der Waals surface area contributed by atoms with Gasteiger partial charge in [0.15, 0.2) is 0 Å². The molecule has 0 radical (unpaired) electrons. The highest BCUT2D eigenvalue weighted by atomic mass is 32.2. The Morgan fingerprint density at radius 3 is 2.12 bits per heavy atom. The Hall–Kier alpha value is -2.34. The fourth-order valence-electron chi connectivity index (χ4n) is 2.21. The summed E-state index contributed by atoms with van der Waals surface area (Å²) in [7, 11) is -3.71. The number of sulfonamides is 1. The van der Waals surface area contributed by atoms with E-state index in [2.05, 4.69) is 10.0 Å². The number of nitrogens with one attached hydrogen (secondary N) is 2. The van der Waals surface area contributed by atoms with Crippen molar-refractivity contribution in [2.45, 2.75) is 45.1 Å². The van der Waals surface area contributed by atoms with Gasteiger partial charge in [-0.25, -0.2) is 8.42 Å². The van der Waals surface area contributed by atoms with Crippen molar-refractivity contribution >= 4 is 21.6 Å². The molecule has 0 bridgehead atoms. The molecule has 2 N–H and O–H groups in total. The molecule has 0 spiro atoms. The van der Waals surface area contributed by atoms with E-state index in [0.29, 0.717) is 11.3 Å². The number of hydrogen-bond donors (Lipinski definition) is 2. The van der Waals surface area contributed by atoms with E-state index in [1.165, 1.54) is 0 Å². The zero-order valence-electron chi connectivity index (χ0n) is 15.2. The van der Waals surface area contributed by atoms with Gasteiger partial charge in [-0.05, 0) is 64.4 Å². The first kappa shape index (κ1) is 19.0. The van der Waals surface area contributed by atoms with E-state index in [-0.39, 0.29) is 16.3 Å². The minimum atomic E-state index is -3.71. The summed E-state index contributed by atoms with van der Waals surface area (Å²) in [5.41, 5.74) is 2.15. The lowest BCUT2D eigenvalue weighted by molar-refractivity contribution is 0.0919. The molecule has 0 saturated heterocycles. The number of anilines is 1. The molecule has 0 aliphatic heterocycles. The number of carbonyl (C=O) groups is 1. The van der Waals surface area contributed by atoms with Crippen LogP contribution in [0.2, 0.25) is 0 Å². The van der Waals surface area contributed by atoms with Crippen molar-refractivity contribution in [2.24, 2.45) is 0 Å². The summed E-state index contributed by atoms with van der Waals surface area (Å²) < 4.78 is 27.7. The van der Waals surface area contributed by atoms with Crippen molar-refractivity contribution in [3.8, 4) is 0 Å². The SMILES string of the molecule is Cc1ccc(S(=O)(=O)Nc2cc(C(=O)NC(C)(C)C)ccc2C)cc1. The van der Waals surface area contributed by atoms with Gasteiger partial charge in [0.05, 0.1) is 10.6 Å². The average Bonchev–Trinajstić information content (AvgIpc) is 2.48. The lowest BCUT2D eigenvalue weighted by Crippen LogP contribution is -2.40. The first-order valence-corrected chi connectivity index (χ1v) is 9.49. The van der Waals surface area contributed by atoms with Gasteiger partial charge in [-0.1, -0.05) is 23.8 Å². The molecule has 0 saturated carbocycles. The van der Waals surface area contributed by atoms with Crippen molar-refractivity contribution in [2.75, 3.05) is 4.72 Å². The van der Waals surface area contributed by atoms with Crippen LogP contribution < -0.4 is 10.0 Å². The normalized spacial score (nSPS) is 11.9. The Labute approximate surface area is 149 Å². The van der Waals surface area contributed by atoms with E-state index in [4.69, 9.17) is 0 Å². The zero-order valence-corrected chi connectivity index (χ0v) is 16.0. The Morgan fingerprint density at radius 1 is 0.960 bits per heavy atom. The van der Waals surface area contributed by atoms with Gasteiger partial charge >= 0.3 is 0 Å². The molecule has 2 rings (SSSR count). The van der Waals surface area contributed by atoms with Crippen LogP contribution in [0.1, 0.15) is 42.3 Å². The summed E-state index contributed by atoms with van der Waals surface area (Å²) in [5.74, 6) is -0.247. The molecule has 0 aliphatic carbocycles. The molecule has 6 heteroatoms. The van der Waals surface area contributed by atoms with E-state index in [0.717, 1.165) is 11.1 Å². The second-order valence-corrected chi connectivity index (χ2v) is 8.83. The zero-order chi connectivity index (χ0) is 18.8. The maximum atomic E-state index is 12.6. The number of carbonyl (C=O) groups excluding carboxylic acids is 1. The van der Waals surface area contributed by atoms with Crippen LogP contribution in [0.4, 0.5) is 5.69 Å². The van der Waals surface area contributed by atoms with Crippen LogP contribution in [0, 0.1) is 13.8 Å². The number of aryl methyl sites for hydroxylation is 2. The van der Waals surface area contributed by atoms with Crippen LogP contribution in [0.25, 0.3) is 0 Å². The van der Waals surface area contributed by atoms with Crippen LogP contribution in [0.15, 0.2) is 47.4 Å². The van der Waals surface area contributed by atoms with Crippen molar-refractivity contribution in [1.29, 1.82) is 0 Å². The molecule has 0 heterocycles. The van der Waals surface area contributed by atoms with E-state index in [1.54, 1.807) is 49.4 Å². The molecule has 0 aliphatic rings. The van der Waals surface area contributed by atoms with Crippen molar-refractivity contribution < 1.29 is 13.2 Å². The Morgan fingerprint density at radius 2 is 1.56 bits per heavy atom. The van der Waals surface area contributed by atoms with Crippen LogP contribution in [-0.4, -0.2) is 19.9 Å². The van der Waals surface area contributed by atoms with E-state index in [1.807, 2.05) is 27.7 Å². The van der Waals surface area contributed by atoms with Crippen LogP contribution >= 0.6 is 0 Å². The van der Waals surface area contributed by atoms with Crippen LogP contribution in [0.3, 0.4) is 0 Å². The number of amides is 1. The highest BCUT2D eigenvalue weighted by molar-refractivity contribution is 7.92. The van der Waals surface area contributed by atoms with Crippen LogP contribution in [-0.2, 0) is 10.0 Å². The predicted molar refractivity (Wildman–Crippen MR) is 100 cm³/mol. The lowest BCUT2D eigenvalue weighted by Gasteiger charge is -2.21. The molecule has 1 amide bonds. The molecule has 134 valence electrons. The molecule has 0 atom stereocenters. The maximum absolute atomic E-state index is 12.6. The second kappa shape index (κ2) is 6.88. The first-order chi connectivity index (χ1) is 11.5. The number of benzene rings is 2. The summed E-state index contributed by atoms with van der Waals surface area (Å²) >= 11 is 0. The fraction of sp³-hybridized carbons (Fsp3) is 0.316. The molecule has 0 aromatic heterocycles. The van der Waals surface area contributed by atoms with Gasteiger partial charge in [-0.15, -0.1) is 0 Å². The highest BCUT2D eigenvalue weighted by Crippen LogP contribution is 2.22. The largest absolute Gasteiger partial charge is 0.347 e. The van der Waals surface area contributed by atoms with E-state index < -0.39 is 10.0 Å². The minimum Gasteiger partial charge on any atom is -0.347 e. The van der Waals surface area contributed by atoms with Crippen LogP contribution in [0.5, 0.6) is 0 Å². The van der Waals surface area contributed by atoms with Gasteiger partial charge in [0.25, 0.3) is 15.9 Å². The Bertz CT molecular complexity index is 880. The molecular formula is C19H24N2O3S. The third kappa shape index (κ3) is 5.06. The third-order valence-corrected chi connectivity index (χ3v) is 4.95. The third-order valence-electron chi connectivity index (χ3n) is 3.56. The average molecular weight is 360 g/mol. The number of hydrogen-bond acceptors (Lipinski definition) is 3. The van der Waals surface area contributed by atoms with Crippen molar-refractivity contribution in [3.05, 3.63) is 59.2 Å². The molecule has 2 aromatic carbocycles. The maximum Gasteiger partial charge on any atom is 0.261 e. The molecular weight excluding hydrogens is 336 g/mol. The Balaban J connectivity index is 2.31. The van der Waals surface area contributed by atoms with Gasteiger partial charge in [-0.2, -0.15) is 0 Å². The predicted octanol–water partition coefficient (Wildman–Crippen LogP) is 3.63. The van der Waals surface area contributed by atoms with Gasteiger partial charge in [0.2, 0.25) is 0 Å². The van der Waals surface area contributed by atoms with Gasteiger partial charge in [0.1, 0.15) is 0 Å². The molecule has 5 nitrogen and oxygen atoms in total. The smallest absolute Gasteiger partial charge is 0.261 e. The second-order valence-electron chi connectivity index (χ2n) is 7.15. The highest BCUT2D eigenvalue weighted by Gasteiger charge is 2.18. The van der Waals surface area contributed by atoms with Gasteiger partial charge in [-0.3, -0.25) is 9.52 Å². The van der Waals surface area contributed by atoms with Gasteiger partial charge in [0, 0.05) is 11.1 Å². The van der Waals surface area contributed by atoms with E-state index >= 15 is 0 Å². The molecule has 0 fully saturated rings. The molecule has 0 unspecified atom stereocenters. The Kier molecular flexibility index (Phi) is 5.23. The summed E-state index contributed by atoms with van der Waals surface area (Å²) in [5, 5.41) is 2.87. The summed E-state index contributed by atoms with van der Waals surface area (Å²) in [4.78, 5) is 12.5. The topological polar surface area (TPSA) is 75.3 Å². The fourth-order valence-corrected chi connectivity index (χ4v) is 3.33. The standard InChI is InChI=1S/C19H24N2O3S/c1-13-6-10-16(11-7-13)25(23,24)21-17-12-15(9-8-14(17)2)18(22)20-19(3,4)5/h6-12,21H,1-5H3,(H,20,22). The molecule has 25 heavy (non-hydrogen) atoms.